The Morgan fingerprint density at radius 3 is 2.30 bits per heavy atom. The molecular weight excluding hydrogens is 412 g/mol. The zero-order chi connectivity index (χ0) is 23.8. The topological polar surface area (TPSA) is 81.4 Å². The van der Waals surface area contributed by atoms with E-state index in [-0.39, 0.29) is 23.4 Å². The molecule has 164 valence electrons. The fraction of sp³-hybridized carbons (Fsp3) is 0.179. The van der Waals surface area contributed by atoms with Gasteiger partial charge in [-0.05, 0) is 52.4 Å². The summed E-state index contributed by atoms with van der Waals surface area (Å²) in [6.45, 7) is 6.48. The lowest BCUT2D eigenvalue weighted by atomic mass is 9.77. The van der Waals surface area contributed by atoms with Crippen molar-refractivity contribution in [3.05, 3.63) is 101 Å². The van der Waals surface area contributed by atoms with Crippen LogP contribution in [0.2, 0.25) is 0 Å². The molecule has 1 N–H and O–H groups in total. The Hall–Kier alpha value is -4.17. The number of allylic oxidation sites excluding steroid dienone is 1. The van der Waals surface area contributed by atoms with Crippen LogP contribution in [0.4, 0.5) is 5.69 Å². The summed E-state index contributed by atoms with van der Waals surface area (Å²) in [6.07, 6.45) is 0. The summed E-state index contributed by atoms with van der Waals surface area (Å²) in [4.78, 5) is 27.0. The van der Waals surface area contributed by atoms with E-state index < -0.39 is 5.97 Å². The van der Waals surface area contributed by atoms with E-state index in [2.05, 4.69) is 26.8 Å². The number of para-hydroxylation sites is 1. The Labute approximate surface area is 193 Å². The molecule has 0 aliphatic carbocycles. The van der Waals surface area contributed by atoms with E-state index in [0.29, 0.717) is 11.1 Å². The van der Waals surface area contributed by atoms with Crippen LogP contribution in [0.5, 0.6) is 0 Å². The minimum Gasteiger partial charge on any atom is -0.478 e. The van der Waals surface area contributed by atoms with E-state index in [1.165, 1.54) is 0 Å². The highest BCUT2D eigenvalue weighted by atomic mass is 16.4. The van der Waals surface area contributed by atoms with Gasteiger partial charge in [-0.2, -0.15) is 5.26 Å². The molecule has 4 rings (SSSR count). The minimum absolute atomic E-state index is 0.119. The van der Waals surface area contributed by atoms with Crippen LogP contribution in [-0.2, 0) is 11.3 Å². The molecule has 33 heavy (non-hydrogen) atoms. The Kier molecular flexibility index (Phi) is 5.61. The molecule has 3 aromatic rings. The van der Waals surface area contributed by atoms with Gasteiger partial charge in [-0.15, -0.1) is 0 Å². The molecule has 0 unspecified atom stereocenters. The zero-order valence-electron chi connectivity index (χ0n) is 18.8. The lowest BCUT2D eigenvalue weighted by Gasteiger charge is -2.26. The quantitative estimate of drug-likeness (QED) is 0.527. The van der Waals surface area contributed by atoms with Gasteiger partial charge in [0.05, 0.1) is 35.0 Å². The van der Waals surface area contributed by atoms with Gasteiger partial charge in [0, 0.05) is 5.56 Å². The first kappa shape index (κ1) is 22.0. The summed E-state index contributed by atoms with van der Waals surface area (Å²) in [7, 11) is 0. The number of fused-ring (bicyclic) bond motifs is 1. The third-order valence-electron chi connectivity index (χ3n) is 5.74. The highest BCUT2D eigenvalue weighted by Gasteiger charge is 2.37. The molecule has 1 aliphatic rings. The van der Waals surface area contributed by atoms with Gasteiger partial charge in [0.25, 0.3) is 5.91 Å². The van der Waals surface area contributed by atoms with E-state index in [0.717, 1.165) is 28.0 Å². The first-order chi connectivity index (χ1) is 15.7. The monoisotopic (exact) mass is 436 g/mol. The van der Waals surface area contributed by atoms with Crippen molar-refractivity contribution in [1.29, 1.82) is 5.26 Å². The summed E-state index contributed by atoms with van der Waals surface area (Å²) in [5.41, 5.74) is 5.25. The first-order valence-electron chi connectivity index (χ1n) is 10.7. The normalized spacial score (nSPS) is 14.6. The van der Waals surface area contributed by atoms with E-state index in [1.54, 1.807) is 35.2 Å². The van der Waals surface area contributed by atoms with Crippen molar-refractivity contribution in [3.63, 3.8) is 0 Å². The largest absolute Gasteiger partial charge is 0.478 e. The molecule has 5 heteroatoms. The maximum atomic E-state index is 13.9. The second-order valence-electron chi connectivity index (χ2n) is 9.10. The molecule has 0 bridgehead atoms. The molecule has 0 radical (unpaired) electrons. The second-order valence-corrected chi connectivity index (χ2v) is 9.10. The van der Waals surface area contributed by atoms with Crippen LogP contribution in [0, 0.1) is 16.7 Å². The summed E-state index contributed by atoms with van der Waals surface area (Å²) in [5, 5.41) is 18.5. The molecule has 1 heterocycles. The zero-order valence-corrected chi connectivity index (χ0v) is 18.8. The molecule has 5 nitrogen and oxygen atoms in total. The highest BCUT2D eigenvalue weighted by Crippen LogP contribution is 2.47. The molecule has 3 aromatic carbocycles. The van der Waals surface area contributed by atoms with E-state index in [1.807, 2.05) is 42.5 Å². The molecular formula is C28H24N2O3. The average molecular weight is 437 g/mol. The summed E-state index contributed by atoms with van der Waals surface area (Å²) >= 11 is 0. The van der Waals surface area contributed by atoms with Crippen molar-refractivity contribution in [2.75, 3.05) is 4.90 Å². The lowest BCUT2D eigenvalue weighted by molar-refractivity contribution is -0.113. The number of benzene rings is 3. The van der Waals surface area contributed by atoms with Crippen LogP contribution < -0.4 is 4.90 Å². The summed E-state index contributed by atoms with van der Waals surface area (Å²) in [5.74, 6) is -1.12. The van der Waals surface area contributed by atoms with Crippen LogP contribution in [0.15, 0.2) is 72.8 Å². The number of nitrogens with zero attached hydrogens (tertiary/aromatic N) is 2. The van der Waals surface area contributed by atoms with Gasteiger partial charge in [-0.3, -0.25) is 4.79 Å². The number of carboxylic acid groups (broad SMARTS) is 1. The maximum Gasteiger partial charge on any atom is 0.335 e. The molecule has 0 saturated heterocycles. The van der Waals surface area contributed by atoms with Gasteiger partial charge < -0.3 is 10.0 Å². The first-order valence-corrected chi connectivity index (χ1v) is 10.7. The van der Waals surface area contributed by atoms with Gasteiger partial charge in [-0.25, -0.2) is 4.79 Å². The number of rotatable bonds is 4. The fourth-order valence-electron chi connectivity index (χ4n) is 4.33. The third-order valence-corrected chi connectivity index (χ3v) is 5.74. The van der Waals surface area contributed by atoms with Gasteiger partial charge in [-0.1, -0.05) is 63.2 Å². The van der Waals surface area contributed by atoms with Crippen molar-refractivity contribution in [3.8, 4) is 6.07 Å². The molecule has 1 amide bonds. The molecule has 1 aliphatic heterocycles. The second kappa shape index (κ2) is 8.40. The number of nitriles is 1. The predicted molar refractivity (Wildman–Crippen MR) is 128 cm³/mol. The van der Waals surface area contributed by atoms with E-state index in [4.69, 9.17) is 0 Å². The number of carbonyl (C=O) groups excluding carboxylic acids is 1. The lowest BCUT2D eigenvalue weighted by Crippen LogP contribution is -2.27. The Morgan fingerprint density at radius 2 is 1.67 bits per heavy atom. The smallest absolute Gasteiger partial charge is 0.335 e. The summed E-state index contributed by atoms with van der Waals surface area (Å²) in [6, 6.07) is 23.8. The van der Waals surface area contributed by atoms with Crippen LogP contribution in [-0.4, -0.2) is 17.0 Å². The van der Waals surface area contributed by atoms with E-state index in [9.17, 15) is 20.0 Å². The molecule has 0 aromatic heterocycles. The number of amides is 1. The Bertz CT molecular complexity index is 1320. The molecule has 0 spiro atoms. The van der Waals surface area contributed by atoms with Crippen LogP contribution in [0.3, 0.4) is 0 Å². The van der Waals surface area contributed by atoms with Gasteiger partial charge in [0.2, 0.25) is 0 Å². The van der Waals surface area contributed by atoms with Gasteiger partial charge in [0.15, 0.2) is 0 Å². The minimum atomic E-state index is -0.999. The SMILES string of the molecule is CC(C)(C)C(=C1C(=O)N(Cc2cccc(C(=O)O)c2)c2ccccc21)c1ccc(C#N)cc1. The standard InChI is InChI=1S/C28H24N2O3/c1-28(2,3)25(20-13-11-18(16-29)12-14-20)24-22-9-4-5-10-23(22)30(26(24)31)17-19-7-6-8-21(15-19)27(32)33/h4-15H,17H2,1-3H3,(H,32,33). The third kappa shape index (κ3) is 4.16. The van der Waals surface area contributed by atoms with Gasteiger partial charge in [0.1, 0.15) is 0 Å². The predicted octanol–water partition coefficient (Wildman–Crippen LogP) is 5.76. The molecule has 0 saturated carbocycles. The Balaban J connectivity index is 1.87. The number of anilines is 1. The number of aromatic carboxylic acids is 1. The van der Waals surface area contributed by atoms with Crippen LogP contribution in [0.25, 0.3) is 11.1 Å². The van der Waals surface area contributed by atoms with Crippen molar-refractivity contribution < 1.29 is 14.7 Å². The van der Waals surface area contributed by atoms with Crippen LogP contribution >= 0.6 is 0 Å². The van der Waals surface area contributed by atoms with E-state index >= 15 is 0 Å². The van der Waals surface area contributed by atoms with Crippen molar-refractivity contribution in [2.24, 2.45) is 5.41 Å². The number of carboxylic acids is 1. The molecule has 0 atom stereocenters. The maximum absolute atomic E-state index is 13.9. The summed E-state index contributed by atoms with van der Waals surface area (Å²) < 4.78 is 0. The molecule has 0 fully saturated rings. The van der Waals surface area contributed by atoms with Gasteiger partial charge >= 0.3 is 5.97 Å². The number of hydrogen-bond acceptors (Lipinski definition) is 3. The Morgan fingerprint density at radius 1 is 0.970 bits per heavy atom. The highest BCUT2D eigenvalue weighted by molar-refractivity contribution is 6.37. The van der Waals surface area contributed by atoms with Crippen molar-refractivity contribution in [1.82, 2.24) is 0 Å². The van der Waals surface area contributed by atoms with Crippen molar-refractivity contribution >= 4 is 28.7 Å². The van der Waals surface area contributed by atoms with Crippen LogP contribution in [0.1, 0.15) is 53.4 Å². The van der Waals surface area contributed by atoms with Crippen molar-refractivity contribution in [2.45, 2.75) is 27.3 Å². The number of hydrogen-bond donors (Lipinski definition) is 1. The fourth-order valence-corrected chi connectivity index (χ4v) is 4.33. The number of carbonyl (C=O) groups is 2. The average Bonchev–Trinajstić information content (AvgIpc) is 3.05.